The van der Waals surface area contributed by atoms with Crippen molar-refractivity contribution in [1.82, 2.24) is 9.55 Å². The fourth-order valence-corrected chi connectivity index (χ4v) is 3.37. The molecule has 1 heterocycles. The lowest BCUT2D eigenvalue weighted by atomic mass is 10.0. The summed E-state index contributed by atoms with van der Waals surface area (Å²) in [6.07, 6.45) is 24.5. The van der Waals surface area contributed by atoms with Gasteiger partial charge in [-0.05, 0) is 19.3 Å². The van der Waals surface area contributed by atoms with Crippen LogP contribution in [-0.4, -0.2) is 16.1 Å². The molecule has 0 spiro atoms. The molecule has 0 radical (unpaired) electrons. The summed E-state index contributed by atoms with van der Waals surface area (Å²) in [5.74, 6) is 0. The fourth-order valence-electron chi connectivity index (χ4n) is 3.37. The van der Waals surface area contributed by atoms with Crippen LogP contribution in [0.2, 0.25) is 0 Å². The van der Waals surface area contributed by atoms with Crippen molar-refractivity contribution in [3.63, 3.8) is 0 Å². The van der Waals surface area contributed by atoms with Crippen LogP contribution in [0.5, 0.6) is 0 Å². The zero-order valence-electron chi connectivity index (χ0n) is 15.8. The number of imidazole rings is 1. The second kappa shape index (κ2) is 15.2. The van der Waals surface area contributed by atoms with E-state index in [0.29, 0.717) is 6.04 Å². The first-order valence-corrected chi connectivity index (χ1v) is 10.2. The third kappa shape index (κ3) is 10.5. The SMILES string of the molecule is [C-]#[N+]CCCCCCCCCCCC(CCCCC)n1ccnc1. The van der Waals surface area contributed by atoms with Gasteiger partial charge in [0.25, 0.3) is 0 Å². The minimum Gasteiger partial charge on any atom is -0.334 e. The van der Waals surface area contributed by atoms with E-state index in [2.05, 4.69) is 27.5 Å². The van der Waals surface area contributed by atoms with Gasteiger partial charge in [0, 0.05) is 24.9 Å². The van der Waals surface area contributed by atoms with Crippen molar-refractivity contribution in [2.24, 2.45) is 0 Å². The summed E-state index contributed by atoms with van der Waals surface area (Å²) in [6, 6.07) is 0.654. The van der Waals surface area contributed by atoms with Crippen molar-refractivity contribution < 1.29 is 0 Å². The molecular weight excluding hydrogens is 294 g/mol. The molecule has 1 atom stereocenters. The van der Waals surface area contributed by atoms with Crippen LogP contribution < -0.4 is 0 Å². The topological polar surface area (TPSA) is 22.2 Å². The maximum absolute atomic E-state index is 6.76. The van der Waals surface area contributed by atoms with Crippen LogP contribution in [0.4, 0.5) is 0 Å². The van der Waals surface area contributed by atoms with E-state index in [9.17, 15) is 0 Å². The number of hydrogen-bond donors (Lipinski definition) is 0. The normalized spacial score (nSPS) is 12.2. The number of unbranched alkanes of at least 4 members (excludes halogenated alkanes) is 10. The highest BCUT2D eigenvalue weighted by atomic mass is 15.0. The number of nitrogens with zero attached hydrogens (tertiary/aromatic N) is 3. The highest BCUT2D eigenvalue weighted by molar-refractivity contribution is 4.80. The second-order valence-corrected chi connectivity index (χ2v) is 7.01. The molecule has 1 unspecified atom stereocenters. The van der Waals surface area contributed by atoms with Crippen LogP contribution in [0.25, 0.3) is 4.85 Å². The molecule has 0 N–H and O–H groups in total. The van der Waals surface area contributed by atoms with Gasteiger partial charge in [-0.3, -0.25) is 0 Å². The maximum atomic E-state index is 6.76. The van der Waals surface area contributed by atoms with Crippen LogP contribution >= 0.6 is 0 Å². The Balaban J connectivity index is 2.01. The predicted molar refractivity (Wildman–Crippen MR) is 103 cm³/mol. The Morgan fingerprint density at radius 3 is 2.00 bits per heavy atom. The minimum atomic E-state index is 0.654. The van der Waals surface area contributed by atoms with Gasteiger partial charge >= 0.3 is 0 Å². The van der Waals surface area contributed by atoms with Crippen LogP contribution in [0.15, 0.2) is 18.7 Å². The third-order valence-corrected chi connectivity index (χ3v) is 4.89. The Hall–Kier alpha value is -1.30. The van der Waals surface area contributed by atoms with E-state index in [1.165, 1.54) is 83.5 Å². The van der Waals surface area contributed by atoms with E-state index in [1.807, 2.05) is 12.5 Å². The Morgan fingerprint density at radius 1 is 0.875 bits per heavy atom. The van der Waals surface area contributed by atoms with Gasteiger partial charge in [-0.15, -0.1) is 0 Å². The second-order valence-electron chi connectivity index (χ2n) is 7.01. The van der Waals surface area contributed by atoms with Crippen molar-refractivity contribution in [1.29, 1.82) is 0 Å². The first kappa shape index (κ1) is 20.7. The summed E-state index contributed by atoms with van der Waals surface area (Å²) in [6.45, 7) is 9.75. The fraction of sp³-hybridized carbons (Fsp3) is 0.810. The van der Waals surface area contributed by atoms with Gasteiger partial charge in [0.1, 0.15) is 0 Å². The predicted octanol–water partition coefficient (Wildman–Crippen LogP) is 6.82. The Labute approximate surface area is 149 Å². The highest BCUT2D eigenvalue weighted by Crippen LogP contribution is 2.23. The van der Waals surface area contributed by atoms with Gasteiger partial charge in [0.05, 0.1) is 6.33 Å². The van der Waals surface area contributed by atoms with E-state index in [-0.39, 0.29) is 0 Å². The molecular formula is C21H37N3. The standard InChI is InChI=1S/C21H37N3/c1-3-4-12-15-21(24-19-18-23-20-24)16-13-10-8-6-5-7-9-11-14-17-22-2/h18-21H,3-17H2,1H3. The van der Waals surface area contributed by atoms with Gasteiger partial charge < -0.3 is 9.41 Å². The molecule has 0 amide bonds. The van der Waals surface area contributed by atoms with Crippen LogP contribution in [0, 0.1) is 6.57 Å². The van der Waals surface area contributed by atoms with Crippen molar-refractivity contribution in [3.8, 4) is 0 Å². The van der Waals surface area contributed by atoms with Gasteiger partial charge in [0.2, 0.25) is 6.54 Å². The Morgan fingerprint density at radius 2 is 1.46 bits per heavy atom. The number of hydrogen-bond acceptors (Lipinski definition) is 1. The maximum Gasteiger partial charge on any atom is 0.214 e. The minimum absolute atomic E-state index is 0.654. The molecule has 136 valence electrons. The van der Waals surface area contributed by atoms with Crippen molar-refractivity contribution >= 4 is 0 Å². The Kier molecular flexibility index (Phi) is 13.2. The van der Waals surface area contributed by atoms with E-state index < -0.39 is 0 Å². The molecule has 3 nitrogen and oxygen atoms in total. The molecule has 0 aliphatic carbocycles. The van der Waals surface area contributed by atoms with Gasteiger partial charge in [-0.25, -0.2) is 11.6 Å². The molecule has 3 heteroatoms. The molecule has 1 aromatic rings. The molecule has 0 aliphatic heterocycles. The molecule has 0 aromatic carbocycles. The van der Waals surface area contributed by atoms with Crippen LogP contribution in [-0.2, 0) is 0 Å². The monoisotopic (exact) mass is 331 g/mol. The highest BCUT2D eigenvalue weighted by Gasteiger charge is 2.09. The largest absolute Gasteiger partial charge is 0.334 e. The van der Waals surface area contributed by atoms with E-state index in [0.717, 1.165) is 13.0 Å². The summed E-state index contributed by atoms with van der Waals surface area (Å²) in [5.41, 5.74) is 0. The molecule has 0 aliphatic rings. The van der Waals surface area contributed by atoms with Crippen molar-refractivity contribution in [3.05, 3.63) is 30.1 Å². The number of rotatable bonds is 16. The molecule has 0 saturated carbocycles. The molecule has 0 saturated heterocycles. The summed E-state index contributed by atoms with van der Waals surface area (Å²) < 4.78 is 2.32. The quantitative estimate of drug-likeness (QED) is 0.240. The van der Waals surface area contributed by atoms with E-state index in [4.69, 9.17) is 6.57 Å². The third-order valence-electron chi connectivity index (χ3n) is 4.89. The zero-order chi connectivity index (χ0) is 17.3. The zero-order valence-corrected chi connectivity index (χ0v) is 15.8. The summed E-state index contributed by atoms with van der Waals surface area (Å²) in [5, 5.41) is 0. The molecule has 0 fully saturated rings. The average Bonchev–Trinajstić information content (AvgIpc) is 3.12. The lowest BCUT2D eigenvalue weighted by Crippen LogP contribution is -2.07. The first-order valence-electron chi connectivity index (χ1n) is 10.2. The van der Waals surface area contributed by atoms with E-state index >= 15 is 0 Å². The first-order chi connectivity index (χ1) is 11.9. The van der Waals surface area contributed by atoms with Gasteiger partial charge in [-0.2, -0.15) is 0 Å². The summed E-state index contributed by atoms with van der Waals surface area (Å²) >= 11 is 0. The summed E-state index contributed by atoms with van der Waals surface area (Å²) in [4.78, 5) is 7.63. The molecule has 1 rings (SSSR count). The van der Waals surface area contributed by atoms with Crippen molar-refractivity contribution in [2.45, 2.75) is 103 Å². The lowest BCUT2D eigenvalue weighted by molar-refractivity contribution is 0.396. The Bertz CT molecular complexity index is 405. The van der Waals surface area contributed by atoms with Gasteiger partial charge in [0.15, 0.2) is 0 Å². The van der Waals surface area contributed by atoms with E-state index in [1.54, 1.807) is 0 Å². The summed E-state index contributed by atoms with van der Waals surface area (Å²) in [7, 11) is 0. The number of aromatic nitrogens is 2. The average molecular weight is 332 g/mol. The van der Waals surface area contributed by atoms with Crippen molar-refractivity contribution in [2.75, 3.05) is 6.54 Å². The van der Waals surface area contributed by atoms with Gasteiger partial charge in [-0.1, -0.05) is 71.1 Å². The molecule has 24 heavy (non-hydrogen) atoms. The lowest BCUT2D eigenvalue weighted by Gasteiger charge is -2.18. The molecule has 1 aromatic heterocycles. The van der Waals surface area contributed by atoms with Crippen LogP contribution in [0.3, 0.4) is 0 Å². The molecule has 0 bridgehead atoms. The smallest absolute Gasteiger partial charge is 0.214 e. The van der Waals surface area contributed by atoms with Crippen LogP contribution in [0.1, 0.15) is 103 Å².